The number of rotatable bonds is 4. The second-order valence-electron chi connectivity index (χ2n) is 7.83. The standard InChI is InChI=1S/C21H25N3O.H2O.U/c25-13-14-10-17(11-14)15-4-1-5-16(12-15)20-18-6-2-7-19(18)22-21(23-20)24-8-3-9-24;;/h1,4-5,12,14,17,25H,2-3,6-11,13H2;1H2;. The summed E-state index contributed by atoms with van der Waals surface area (Å²) in [7, 11) is 0. The summed E-state index contributed by atoms with van der Waals surface area (Å²) < 4.78 is 0. The zero-order valence-corrected chi connectivity index (χ0v) is 19.8. The van der Waals surface area contributed by atoms with E-state index in [1.807, 2.05) is 0 Å². The third-order valence-corrected chi connectivity index (χ3v) is 6.19. The molecule has 0 atom stereocenters. The second-order valence-corrected chi connectivity index (χ2v) is 7.83. The van der Waals surface area contributed by atoms with E-state index in [1.54, 1.807) is 0 Å². The summed E-state index contributed by atoms with van der Waals surface area (Å²) in [5.41, 5.74) is 6.43. The Labute approximate surface area is 184 Å². The molecule has 0 bridgehead atoms. The molecule has 1 saturated heterocycles. The minimum absolute atomic E-state index is 0. The first kappa shape index (κ1) is 20.8. The topological polar surface area (TPSA) is 80.8 Å². The monoisotopic (exact) mass is 591 g/mol. The van der Waals surface area contributed by atoms with Gasteiger partial charge in [-0.1, -0.05) is 18.2 Å². The van der Waals surface area contributed by atoms with Crippen molar-refractivity contribution in [2.75, 3.05) is 24.6 Å². The molecule has 3 aliphatic rings. The van der Waals surface area contributed by atoms with Gasteiger partial charge in [0.1, 0.15) is 0 Å². The quantitative estimate of drug-likeness (QED) is 0.593. The summed E-state index contributed by atoms with van der Waals surface area (Å²) in [6.07, 6.45) is 6.86. The van der Waals surface area contributed by atoms with Crippen molar-refractivity contribution >= 4 is 5.95 Å². The maximum absolute atomic E-state index is 9.28. The third-order valence-electron chi connectivity index (χ3n) is 6.19. The van der Waals surface area contributed by atoms with Gasteiger partial charge < -0.3 is 15.5 Å². The number of aromatic nitrogens is 2. The first-order chi connectivity index (χ1) is 12.3. The molecule has 142 valence electrons. The van der Waals surface area contributed by atoms with E-state index < -0.39 is 0 Å². The summed E-state index contributed by atoms with van der Waals surface area (Å²) >= 11 is 0. The van der Waals surface area contributed by atoms with Crippen LogP contribution < -0.4 is 4.90 Å². The molecule has 0 amide bonds. The van der Waals surface area contributed by atoms with Crippen molar-refractivity contribution < 1.29 is 41.7 Å². The Bertz CT molecular complexity index is 804. The van der Waals surface area contributed by atoms with Crippen LogP contribution in [0.25, 0.3) is 11.3 Å². The molecule has 2 aromatic rings. The minimum Gasteiger partial charge on any atom is -0.412 e. The molecule has 1 aromatic heterocycles. The Hall–Kier alpha value is -0.928. The number of benzene rings is 1. The Kier molecular flexibility index (Phi) is 6.63. The van der Waals surface area contributed by atoms with Crippen molar-refractivity contribution in [1.29, 1.82) is 0 Å². The van der Waals surface area contributed by atoms with E-state index in [4.69, 9.17) is 9.97 Å². The fourth-order valence-corrected chi connectivity index (χ4v) is 4.41. The molecule has 1 saturated carbocycles. The van der Waals surface area contributed by atoms with Gasteiger partial charge in [-0.05, 0) is 62.0 Å². The smallest absolute Gasteiger partial charge is 0.226 e. The molecular weight excluding hydrogens is 564 g/mol. The Morgan fingerprint density at radius 1 is 1.07 bits per heavy atom. The number of hydrogen-bond acceptors (Lipinski definition) is 4. The number of hydrogen-bond donors (Lipinski definition) is 1. The molecule has 2 fully saturated rings. The van der Waals surface area contributed by atoms with E-state index in [2.05, 4.69) is 29.2 Å². The summed E-state index contributed by atoms with van der Waals surface area (Å²) in [5.74, 6) is 2.02. The first-order valence-electron chi connectivity index (χ1n) is 9.68. The Balaban J connectivity index is 0.00000105. The largest absolute Gasteiger partial charge is 0.412 e. The van der Waals surface area contributed by atoms with Crippen molar-refractivity contribution in [3.63, 3.8) is 0 Å². The van der Waals surface area contributed by atoms with Crippen LogP contribution in [-0.4, -0.2) is 40.2 Å². The van der Waals surface area contributed by atoms with Gasteiger partial charge in [-0.15, -0.1) is 0 Å². The normalized spacial score (nSPS) is 22.8. The summed E-state index contributed by atoms with van der Waals surface area (Å²) in [6.45, 7) is 2.50. The zero-order valence-electron chi connectivity index (χ0n) is 15.6. The molecule has 0 unspecified atom stereocenters. The van der Waals surface area contributed by atoms with Crippen LogP contribution in [0.15, 0.2) is 24.3 Å². The average Bonchev–Trinajstić information content (AvgIpc) is 3.00. The van der Waals surface area contributed by atoms with Crippen LogP contribution in [-0.2, 0) is 12.8 Å². The number of aryl methyl sites for hydroxylation is 1. The van der Waals surface area contributed by atoms with Crippen LogP contribution in [0.2, 0.25) is 0 Å². The zero-order chi connectivity index (χ0) is 16.8. The first-order valence-corrected chi connectivity index (χ1v) is 9.68. The Morgan fingerprint density at radius 3 is 2.59 bits per heavy atom. The van der Waals surface area contributed by atoms with Crippen LogP contribution >= 0.6 is 0 Å². The molecule has 1 aliphatic heterocycles. The number of anilines is 1. The van der Waals surface area contributed by atoms with E-state index in [0.29, 0.717) is 18.4 Å². The van der Waals surface area contributed by atoms with Crippen molar-refractivity contribution in [1.82, 2.24) is 9.97 Å². The van der Waals surface area contributed by atoms with E-state index in [-0.39, 0.29) is 36.6 Å². The number of aliphatic hydroxyl groups excluding tert-OH is 1. The fraction of sp³-hybridized carbons (Fsp3) is 0.524. The summed E-state index contributed by atoms with van der Waals surface area (Å²) in [6, 6.07) is 8.94. The van der Waals surface area contributed by atoms with Gasteiger partial charge in [-0.25, -0.2) is 9.97 Å². The number of aliphatic hydroxyl groups is 1. The summed E-state index contributed by atoms with van der Waals surface area (Å²) in [5, 5.41) is 9.28. The molecule has 0 spiro atoms. The molecule has 2 heterocycles. The molecule has 1 aromatic carbocycles. The van der Waals surface area contributed by atoms with Crippen LogP contribution in [0.4, 0.5) is 5.95 Å². The van der Waals surface area contributed by atoms with Gasteiger partial charge in [-0.3, -0.25) is 0 Å². The van der Waals surface area contributed by atoms with Gasteiger partial charge in [-0.2, -0.15) is 0 Å². The van der Waals surface area contributed by atoms with E-state index in [0.717, 1.165) is 50.4 Å². The van der Waals surface area contributed by atoms with Gasteiger partial charge in [0.15, 0.2) is 0 Å². The van der Waals surface area contributed by atoms with E-state index in [1.165, 1.54) is 35.2 Å². The van der Waals surface area contributed by atoms with E-state index >= 15 is 0 Å². The fourth-order valence-electron chi connectivity index (χ4n) is 4.41. The van der Waals surface area contributed by atoms with Crippen molar-refractivity contribution in [3.8, 4) is 11.3 Å². The number of fused-ring (bicyclic) bond motifs is 1. The molecule has 5 nitrogen and oxygen atoms in total. The van der Waals surface area contributed by atoms with E-state index in [9.17, 15) is 5.11 Å². The molecule has 3 N–H and O–H groups in total. The van der Waals surface area contributed by atoms with Crippen LogP contribution in [0.5, 0.6) is 0 Å². The average molecular weight is 591 g/mol. The van der Waals surface area contributed by atoms with Crippen LogP contribution in [0.1, 0.15) is 48.4 Å². The van der Waals surface area contributed by atoms with Gasteiger partial charge in [0.25, 0.3) is 0 Å². The van der Waals surface area contributed by atoms with Crippen molar-refractivity contribution in [3.05, 3.63) is 41.1 Å². The van der Waals surface area contributed by atoms with Gasteiger partial charge in [0.2, 0.25) is 5.95 Å². The molecule has 5 rings (SSSR count). The van der Waals surface area contributed by atoms with Crippen molar-refractivity contribution in [2.45, 2.75) is 44.4 Å². The molecule has 0 radical (unpaired) electrons. The predicted octanol–water partition coefficient (Wildman–Crippen LogP) is 2.50. The van der Waals surface area contributed by atoms with Crippen LogP contribution in [0.3, 0.4) is 0 Å². The third kappa shape index (κ3) is 3.82. The van der Waals surface area contributed by atoms with Crippen molar-refractivity contribution in [2.24, 2.45) is 5.92 Å². The van der Waals surface area contributed by atoms with Gasteiger partial charge >= 0.3 is 0 Å². The molecule has 27 heavy (non-hydrogen) atoms. The molecule has 6 heteroatoms. The van der Waals surface area contributed by atoms with Gasteiger partial charge in [0, 0.05) is 67.6 Å². The van der Waals surface area contributed by atoms with Gasteiger partial charge in [0.05, 0.1) is 5.69 Å². The SMILES string of the molecule is O.OCC1CC(c2cccc(-c3nc(N4CCC4)nc4c3CCC4)c2)C1.[U]. The second kappa shape index (κ2) is 8.61. The molecular formula is C21H27N3O2U. The number of nitrogens with zero attached hydrogens (tertiary/aromatic N) is 3. The van der Waals surface area contributed by atoms with Crippen LogP contribution in [0, 0.1) is 37.0 Å². The summed E-state index contributed by atoms with van der Waals surface area (Å²) in [4.78, 5) is 12.1. The molecule has 2 aliphatic carbocycles. The maximum atomic E-state index is 9.28. The predicted molar refractivity (Wildman–Crippen MR) is 102 cm³/mol. The maximum Gasteiger partial charge on any atom is 0.226 e. The Morgan fingerprint density at radius 2 is 1.89 bits per heavy atom. The minimum atomic E-state index is 0.